The molecule has 4 aromatic rings. The van der Waals surface area contributed by atoms with Gasteiger partial charge in [0, 0.05) is 17.8 Å². The minimum Gasteiger partial charge on any atom is -0.337 e. The number of hydrogen-bond acceptors (Lipinski definition) is 3. The molecular weight excluding hydrogens is 402 g/mol. The van der Waals surface area contributed by atoms with Gasteiger partial charge in [0.1, 0.15) is 0 Å². The van der Waals surface area contributed by atoms with E-state index in [1.165, 1.54) is 22.9 Å². The third-order valence-electron chi connectivity index (χ3n) is 5.05. The van der Waals surface area contributed by atoms with Gasteiger partial charge in [0.05, 0.1) is 11.4 Å². The van der Waals surface area contributed by atoms with Gasteiger partial charge >= 0.3 is 0 Å². The van der Waals surface area contributed by atoms with Gasteiger partial charge < -0.3 is 10.3 Å². The summed E-state index contributed by atoms with van der Waals surface area (Å²) in [6.45, 7) is 2.02. The molecule has 1 heterocycles. The Balaban J connectivity index is 1.35. The maximum Gasteiger partial charge on any atom is 0.234 e. The molecule has 0 aliphatic heterocycles. The number of nitrogens with one attached hydrogen (secondary N) is 2. The first-order valence-corrected chi connectivity index (χ1v) is 11.3. The maximum absolute atomic E-state index is 12.6. The van der Waals surface area contributed by atoms with Crippen molar-refractivity contribution in [2.45, 2.75) is 24.9 Å². The molecule has 0 unspecified atom stereocenters. The highest BCUT2D eigenvalue weighted by Gasteiger charge is 2.12. The highest BCUT2D eigenvalue weighted by molar-refractivity contribution is 7.99. The van der Waals surface area contributed by atoms with E-state index in [1.54, 1.807) is 0 Å². The zero-order chi connectivity index (χ0) is 21.5. The van der Waals surface area contributed by atoms with Crippen molar-refractivity contribution in [3.8, 4) is 0 Å². The minimum atomic E-state index is -0.0378. The third-order valence-corrected chi connectivity index (χ3v) is 5.92. The molecule has 3 aromatic carbocycles. The van der Waals surface area contributed by atoms with Crippen LogP contribution in [0.2, 0.25) is 0 Å². The van der Waals surface area contributed by atoms with Gasteiger partial charge in [-0.25, -0.2) is 4.98 Å². The number of aromatic nitrogens is 2. The van der Waals surface area contributed by atoms with Crippen LogP contribution in [0.1, 0.15) is 28.1 Å². The van der Waals surface area contributed by atoms with Gasteiger partial charge in [-0.15, -0.1) is 0 Å². The smallest absolute Gasteiger partial charge is 0.234 e. The number of benzene rings is 3. The fourth-order valence-corrected chi connectivity index (χ4v) is 4.17. The van der Waals surface area contributed by atoms with E-state index < -0.39 is 0 Å². The van der Waals surface area contributed by atoms with Crippen LogP contribution in [0.4, 0.5) is 5.69 Å². The fraction of sp³-hybridized carbons (Fsp3) is 0.154. The lowest BCUT2D eigenvalue weighted by Crippen LogP contribution is -2.15. The number of carbonyl (C=O) groups excluding carboxylic acids is 1. The Labute approximate surface area is 187 Å². The number of rotatable bonds is 8. The number of para-hydroxylation sites is 1. The normalized spacial score (nSPS) is 10.7. The monoisotopic (exact) mass is 427 g/mol. The Kier molecular flexibility index (Phi) is 6.85. The number of aromatic amines is 1. The molecule has 0 radical (unpaired) electrons. The van der Waals surface area contributed by atoms with E-state index in [9.17, 15) is 4.79 Å². The summed E-state index contributed by atoms with van der Waals surface area (Å²) >= 11 is 1.42. The van der Waals surface area contributed by atoms with Crippen LogP contribution in [-0.4, -0.2) is 21.6 Å². The molecule has 1 aromatic heterocycles. The number of H-pyrrole nitrogens is 1. The second-order valence-electron chi connectivity index (χ2n) is 7.43. The van der Waals surface area contributed by atoms with E-state index in [2.05, 4.69) is 45.6 Å². The highest BCUT2D eigenvalue weighted by Crippen LogP contribution is 2.22. The number of imidazole rings is 1. The Bertz CT molecular complexity index is 1140. The molecule has 4 nitrogen and oxygen atoms in total. The van der Waals surface area contributed by atoms with Crippen LogP contribution >= 0.6 is 11.8 Å². The molecule has 1 amide bonds. The molecule has 4 rings (SSSR count). The summed E-state index contributed by atoms with van der Waals surface area (Å²) < 4.78 is 0. The lowest BCUT2D eigenvalue weighted by atomic mass is 10.0. The van der Waals surface area contributed by atoms with E-state index in [0.29, 0.717) is 5.75 Å². The number of thioether (sulfide) groups is 1. The Hall–Kier alpha value is -3.31. The lowest BCUT2D eigenvalue weighted by molar-refractivity contribution is -0.113. The van der Waals surface area contributed by atoms with Crippen LogP contribution in [0.25, 0.3) is 0 Å². The van der Waals surface area contributed by atoms with Gasteiger partial charge in [0.15, 0.2) is 5.16 Å². The molecule has 5 heteroatoms. The molecule has 0 fully saturated rings. The summed E-state index contributed by atoms with van der Waals surface area (Å²) in [5.74, 6) is 0.265. The highest BCUT2D eigenvalue weighted by atomic mass is 32.2. The number of anilines is 1. The van der Waals surface area contributed by atoms with Crippen LogP contribution in [0.3, 0.4) is 0 Å². The molecule has 0 atom stereocenters. The minimum absolute atomic E-state index is 0.0378. The van der Waals surface area contributed by atoms with Gasteiger partial charge in [0.25, 0.3) is 0 Å². The first-order chi connectivity index (χ1) is 15.2. The standard InChI is InChI=1S/C26H25N3OS/c1-19-24(17-21-12-6-3-7-13-21)29-26(27-19)31-18-25(30)28-23-15-9-8-14-22(23)16-20-10-4-2-5-11-20/h2-15H,16-18H2,1H3,(H,27,29)(H,28,30). The quantitative estimate of drug-likeness (QED) is 0.358. The Morgan fingerprint density at radius 3 is 2.19 bits per heavy atom. The lowest BCUT2D eigenvalue weighted by Gasteiger charge is -2.11. The van der Waals surface area contributed by atoms with Gasteiger partial charge in [-0.3, -0.25) is 4.79 Å². The maximum atomic E-state index is 12.6. The van der Waals surface area contributed by atoms with Crippen molar-refractivity contribution in [2.24, 2.45) is 0 Å². The van der Waals surface area contributed by atoms with Crippen molar-refractivity contribution >= 4 is 23.4 Å². The van der Waals surface area contributed by atoms with Gasteiger partial charge in [-0.05, 0) is 36.1 Å². The van der Waals surface area contributed by atoms with Gasteiger partial charge in [0.2, 0.25) is 5.91 Å². The van der Waals surface area contributed by atoms with Crippen LogP contribution in [0.15, 0.2) is 90.1 Å². The molecule has 0 aliphatic carbocycles. The second-order valence-corrected chi connectivity index (χ2v) is 8.40. The number of amides is 1. The zero-order valence-corrected chi connectivity index (χ0v) is 18.3. The zero-order valence-electron chi connectivity index (χ0n) is 17.5. The summed E-state index contributed by atoms with van der Waals surface area (Å²) in [5, 5.41) is 3.84. The molecule has 0 aliphatic rings. The predicted molar refractivity (Wildman–Crippen MR) is 128 cm³/mol. The van der Waals surface area contributed by atoms with Crippen LogP contribution in [-0.2, 0) is 17.6 Å². The molecule has 0 saturated heterocycles. The third kappa shape index (κ3) is 5.86. The van der Waals surface area contributed by atoms with E-state index in [0.717, 1.165) is 40.6 Å². The van der Waals surface area contributed by atoms with E-state index >= 15 is 0 Å². The van der Waals surface area contributed by atoms with Crippen molar-refractivity contribution < 1.29 is 4.79 Å². The van der Waals surface area contributed by atoms with Gasteiger partial charge in [-0.1, -0.05) is 90.6 Å². The van der Waals surface area contributed by atoms with Gasteiger partial charge in [-0.2, -0.15) is 0 Å². The first kappa shape index (κ1) is 20.9. The molecule has 2 N–H and O–H groups in total. The predicted octanol–water partition coefficient (Wildman–Crippen LogP) is 5.63. The summed E-state index contributed by atoms with van der Waals surface area (Å²) in [6.07, 6.45) is 1.56. The number of carbonyl (C=O) groups is 1. The average Bonchev–Trinajstić information content (AvgIpc) is 3.14. The molecule has 0 bridgehead atoms. The second kappa shape index (κ2) is 10.1. The number of nitrogens with zero attached hydrogens (tertiary/aromatic N) is 1. The number of aryl methyl sites for hydroxylation is 1. The average molecular weight is 428 g/mol. The van der Waals surface area contributed by atoms with Crippen molar-refractivity contribution in [3.63, 3.8) is 0 Å². The molecule has 31 heavy (non-hydrogen) atoms. The van der Waals surface area contributed by atoms with E-state index in [1.807, 2.05) is 61.5 Å². The van der Waals surface area contributed by atoms with E-state index in [4.69, 9.17) is 0 Å². The Morgan fingerprint density at radius 1 is 0.871 bits per heavy atom. The largest absolute Gasteiger partial charge is 0.337 e. The van der Waals surface area contributed by atoms with Crippen molar-refractivity contribution in [1.82, 2.24) is 9.97 Å². The van der Waals surface area contributed by atoms with Crippen molar-refractivity contribution in [1.29, 1.82) is 0 Å². The molecule has 156 valence electrons. The summed E-state index contributed by atoms with van der Waals surface area (Å²) in [7, 11) is 0. The molecule has 0 spiro atoms. The summed E-state index contributed by atoms with van der Waals surface area (Å²) in [4.78, 5) is 20.6. The summed E-state index contributed by atoms with van der Waals surface area (Å²) in [6, 6.07) is 28.5. The molecular formula is C26H25N3OS. The van der Waals surface area contributed by atoms with E-state index in [-0.39, 0.29) is 5.91 Å². The van der Waals surface area contributed by atoms with Crippen molar-refractivity contribution in [3.05, 3.63) is 113 Å². The topological polar surface area (TPSA) is 57.8 Å². The Morgan fingerprint density at radius 2 is 1.48 bits per heavy atom. The first-order valence-electron chi connectivity index (χ1n) is 10.3. The summed E-state index contributed by atoms with van der Waals surface area (Å²) in [5.41, 5.74) is 6.46. The SMILES string of the molecule is Cc1[nH]c(SCC(=O)Nc2ccccc2Cc2ccccc2)nc1Cc1ccccc1. The van der Waals surface area contributed by atoms with Crippen LogP contribution in [0, 0.1) is 6.92 Å². The van der Waals surface area contributed by atoms with Crippen LogP contribution in [0.5, 0.6) is 0 Å². The van der Waals surface area contributed by atoms with Crippen molar-refractivity contribution in [2.75, 3.05) is 11.1 Å². The van der Waals surface area contributed by atoms with Crippen LogP contribution < -0.4 is 5.32 Å². The number of hydrogen-bond donors (Lipinski definition) is 2. The fourth-order valence-electron chi connectivity index (χ4n) is 3.43. The molecule has 0 saturated carbocycles.